The van der Waals surface area contributed by atoms with Crippen molar-refractivity contribution in [2.24, 2.45) is 0 Å². The van der Waals surface area contributed by atoms with Crippen molar-refractivity contribution in [1.29, 1.82) is 0 Å². The Morgan fingerprint density at radius 2 is 1.50 bits per heavy atom. The molecule has 4 rings (SSSR count). The first-order valence-corrected chi connectivity index (χ1v) is 13.1. The van der Waals surface area contributed by atoms with E-state index in [1.54, 1.807) is 37.9 Å². The van der Waals surface area contributed by atoms with Crippen LogP contribution in [0.25, 0.3) is 0 Å². The molecule has 1 aliphatic rings. The lowest BCUT2D eigenvalue weighted by atomic mass is 9.79. The molecule has 1 aliphatic heterocycles. The van der Waals surface area contributed by atoms with Crippen LogP contribution in [0.2, 0.25) is 0 Å². The van der Waals surface area contributed by atoms with Gasteiger partial charge in [-0.1, -0.05) is 72.8 Å². The van der Waals surface area contributed by atoms with E-state index in [-0.39, 0.29) is 23.1 Å². The number of allylic oxidation sites excluding steroid dienone is 2. The minimum absolute atomic E-state index is 0.0811. The first kappa shape index (κ1) is 28.3. The van der Waals surface area contributed by atoms with Crippen LogP contribution in [0.15, 0.2) is 107 Å². The number of hydrogen-bond donors (Lipinski definition) is 1. The highest BCUT2D eigenvalue weighted by Crippen LogP contribution is 2.40. The van der Waals surface area contributed by atoms with Gasteiger partial charge >= 0.3 is 5.97 Å². The zero-order chi connectivity index (χ0) is 28.8. The number of benzene rings is 3. The number of carbonyl (C=O) groups is 2. The number of ether oxygens (including phenoxy) is 1. The number of nitro benzene ring substituents is 1. The molecule has 40 heavy (non-hydrogen) atoms. The quantitative estimate of drug-likeness (QED) is 0.213. The van der Waals surface area contributed by atoms with E-state index in [1.807, 2.05) is 36.4 Å². The number of carbonyl (C=O) groups excluding carboxylic acids is 2. The summed E-state index contributed by atoms with van der Waals surface area (Å²) in [4.78, 5) is 39.7. The largest absolute Gasteiger partial charge is 0.466 e. The molecule has 0 fully saturated rings. The summed E-state index contributed by atoms with van der Waals surface area (Å²) < 4.78 is 5.07. The molecule has 1 atom stereocenters. The number of nitrogens with zero attached hydrogens (tertiary/aromatic N) is 2. The average Bonchev–Trinajstić information content (AvgIpc) is 2.97. The third kappa shape index (κ3) is 5.96. The van der Waals surface area contributed by atoms with Gasteiger partial charge in [-0.05, 0) is 37.0 Å². The van der Waals surface area contributed by atoms with E-state index < -0.39 is 16.8 Å². The Hall–Kier alpha value is -4.72. The lowest BCUT2D eigenvalue weighted by Crippen LogP contribution is -2.38. The fraction of sp³-hybridized carbons (Fsp3) is 0.250. The lowest BCUT2D eigenvalue weighted by molar-refractivity contribution is -0.384. The maximum Gasteiger partial charge on any atom is 0.336 e. The molecule has 8 nitrogen and oxygen atoms in total. The monoisotopic (exact) mass is 539 g/mol. The average molecular weight is 540 g/mol. The topological polar surface area (TPSA) is 102 Å². The third-order valence-corrected chi connectivity index (χ3v) is 7.31. The fourth-order valence-electron chi connectivity index (χ4n) is 5.34. The number of nitro groups is 1. The fourth-order valence-corrected chi connectivity index (χ4v) is 5.34. The van der Waals surface area contributed by atoms with Crippen molar-refractivity contribution in [3.05, 3.63) is 134 Å². The second-order valence-corrected chi connectivity index (χ2v) is 9.87. The SMILES string of the molecule is COC(=O)C1=C(C)NC(C)=C(C(=O)N(C)CCC(c2ccccc2)c2ccccc2)C1c1cccc([N+](=O)[O-])c1. The molecule has 206 valence electrons. The van der Waals surface area contributed by atoms with Crippen LogP contribution in [0.5, 0.6) is 0 Å². The minimum atomic E-state index is -0.831. The number of dihydropyridines is 1. The molecule has 3 aromatic rings. The molecule has 1 unspecified atom stereocenters. The maximum atomic E-state index is 14.1. The minimum Gasteiger partial charge on any atom is -0.466 e. The van der Waals surface area contributed by atoms with Gasteiger partial charge in [0.2, 0.25) is 0 Å². The second-order valence-electron chi connectivity index (χ2n) is 9.87. The Balaban J connectivity index is 1.68. The van der Waals surface area contributed by atoms with Gasteiger partial charge in [0, 0.05) is 48.6 Å². The highest BCUT2D eigenvalue weighted by Gasteiger charge is 2.38. The molecule has 0 bridgehead atoms. The number of esters is 1. The molecule has 0 aromatic heterocycles. The predicted octanol–water partition coefficient (Wildman–Crippen LogP) is 5.68. The van der Waals surface area contributed by atoms with Crippen LogP contribution in [-0.2, 0) is 14.3 Å². The lowest BCUT2D eigenvalue weighted by Gasteiger charge is -2.33. The van der Waals surface area contributed by atoms with Gasteiger partial charge in [0.1, 0.15) is 0 Å². The molecule has 0 aliphatic carbocycles. The van der Waals surface area contributed by atoms with Gasteiger partial charge in [0.25, 0.3) is 11.6 Å². The Morgan fingerprint density at radius 3 is 2.05 bits per heavy atom. The summed E-state index contributed by atoms with van der Waals surface area (Å²) in [6.45, 7) is 3.96. The third-order valence-electron chi connectivity index (χ3n) is 7.31. The van der Waals surface area contributed by atoms with Crippen LogP contribution in [0.3, 0.4) is 0 Å². The number of non-ortho nitro benzene ring substituents is 1. The van der Waals surface area contributed by atoms with Crippen LogP contribution in [0.1, 0.15) is 48.8 Å². The molecule has 0 spiro atoms. The molecule has 1 N–H and O–H groups in total. The van der Waals surface area contributed by atoms with Gasteiger partial charge in [-0.25, -0.2) is 4.79 Å². The van der Waals surface area contributed by atoms with E-state index in [0.29, 0.717) is 35.5 Å². The zero-order valence-electron chi connectivity index (χ0n) is 23.1. The number of hydrogen-bond acceptors (Lipinski definition) is 6. The van der Waals surface area contributed by atoms with E-state index in [4.69, 9.17) is 4.74 Å². The number of nitrogens with one attached hydrogen (secondary N) is 1. The van der Waals surface area contributed by atoms with Gasteiger partial charge in [-0.15, -0.1) is 0 Å². The molecule has 3 aromatic carbocycles. The van der Waals surface area contributed by atoms with Crippen LogP contribution in [0.4, 0.5) is 5.69 Å². The van der Waals surface area contributed by atoms with E-state index in [2.05, 4.69) is 29.6 Å². The smallest absolute Gasteiger partial charge is 0.336 e. The Morgan fingerprint density at radius 1 is 0.925 bits per heavy atom. The van der Waals surface area contributed by atoms with Gasteiger partial charge in [0.05, 0.1) is 23.5 Å². The summed E-state index contributed by atoms with van der Waals surface area (Å²) in [6.07, 6.45) is 0.677. The number of amides is 1. The molecule has 0 saturated heterocycles. The van der Waals surface area contributed by atoms with E-state index in [9.17, 15) is 19.7 Å². The molecular formula is C32H33N3O5. The van der Waals surface area contributed by atoms with Crippen molar-refractivity contribution in [3.63, 3.8) is 0 Å². The van der Waals surface area contributed by atoms with E-state index in [0.717, 1.165) is 11.1 Å². The highest BCUT2D eigenvalue weighted by molar-refractivity contribution is 6.02. The van der Waals surface area contributed by atoms with Crippen molar-refractivity contribution in [2.75, 3.05) is 20.7 Å². The van der Waals surface area contributed by atoms with Crippen LogP contribution >= 0.6 is 0 Å². The molecule has 1 heterocycles. The summed E-state index contributed by atoms with van der Waals surface area (Å²) in [7, 11) is 3.02. The van der Waals surface area contributed by atoms with Crippen molar-refractivity contribution in [1.82, 2.24) is 10.2 Å². The molecule has 0 radical (unpaired) electrons. The van der Waals surface area contributed by atoms with Gasteiger partial charge < -0.3 is 15.0 Å². The summed E-state index contributed by atoms with van der Waals surface area (Å²) in [6, 6.07) is 26.4. The summed E-state index contributed by atoms with van der Waals surface area (Å²) >= 11 is 0. The van der Waals surface area contributed by atoms with Crippen molar-refractivity contribution >= 4 is 17.6 Å². The van der Waals surface area contributed by atoms with E-state index >= 15 is 0 Å². The van der Waals surface area contributed by atoms with Gasteiger partial charge in [-0.3, -0.25) is 14.9 Å². The summed E-state index contributed by atoms with van der Waals surface area (Å²) in [5.74, 6) is -1.62. The molecule has 0 saturated carbocycles. The van der Waals surface area contributed by atoms with Crippen molar-refractivity contribution in [3.8, 4) is 0 Å². The Labute approximate surface area is 234 Å². The highest BCUT2D eigenvalue weighted by atomic mass is 16.6. The first-order chi connectivity index (χ1) is 19.2. The normalized spacial score (nSPS) is 15.1. The zero-order valence-corrected chi connectivity index (χ0v) is 23.1. The van der Waals surface area contributed by atoms with Gasteiger partial charge in [-0.2, -0.15) is 0 Å². The Bertz CT molecular complexity index is 1420. The number of methoxy groups -OCH3 is 1. The van der Waals surface area contributed by atoms with Crippen molar-refractivity contribution < 1.29 is 19.2 Å². The van der Waals surface area contributed by atoms with Crippen LogP contribution in [0, 0.1) is 10.1 Å². The maximum absolute atomic E-state index is 14.1. The molecular weight excluding hydrogens is 506 g/mol. The van der Waals surface area contributed by atoms with Crippen molar-refractivity contribution in [2.45, 2.75) is 32.1 Å². The predicted molar refractivity (Wildman–Crippen MR) is 153 cm³/mol. The van der Waals surface area contributed by atoms with E-state index in [1.165, 1.54) is 19.2 Å². The number of rotatable bonds is 9. The summed E-state index contributed by atoms with van der Waals surface area (Å²) in [5.41, 5.74) is 4.38. The number of likely N-dealkylation sites (N-methyl/N-ethyl adjacent to an activating group) is 1. The van der Waals surface area contributed by atoms with Crippen LogP contribution in [-0.4, -0.2) is 42.4 Å². The molecule has 8 heteroatoms. The van der Waals surface area contributed by atoms with Gasteiger partial charge in [0.15, 0.2) is 0 Å². The Kier molecular flexibility index (Phi) is 8.79. The molecule has 1 amide bonds. The van der Waals surface area contributed by atoms with Crippen LogP contribution < -0.4 is 5.32 Å². The standard InChI is InChI=1S/C32H33N3O5/c1-21-28(30(29(22(2)33-21)32(37)40-4)25-16-11-17-26(20-25)35(38)39)31(36)34(3)19-18-27(23-12-7-5-8-13-23)24-14-9-6-10-15-24/h5-17,20,27,30,33H,18-19H2,1-4H3. The first-order valence-electron chi connectivity index (χ1n) is 13.1. The second kappa shape index (κ2) is 12.4. The summed E-state index contributed by atoms with van der Waals surface area (Å²) in [5, 5.41) is 14.7.